The molecule has 0 aliphatic rings. The van der Waals surface area contributed by atoms with Crippen LogP contribution < -0.4 is 17.7 Å². The fraction of sp³-hybridized carbons (Fsp3) is 1.00. The van der Waals surface area contributed by atoms with Crippen molar-refractivity contribution in [3.05, 3.63) is 0 Å². The Hall–Kier alpha value is 0.210. The molecule has 0 amide bonds. The standard InChI is InChI=1S/C14H33N2.ClH/c1-5-6-7-8-9-10-12-15-13-11-14-16(2,3)4;/h15H,5-14H2,1-4H3;1H/q+1;/p-1. The Bertz CT molecular complexity index is 144. The van der Waals surface area contributed by atoms with Crippen molar-refractivity contribution in [1.82, 2.24) is 5.32 Å². The third kappa shape index (κ3) is 18.8. The second-order valence-corrected chi connectivity index (χ2v) is 5.89. The average Bonchev–Trinajstić information content (AvgIpc) is 2.19. The lowest BCUT2D eigenvalue weighted by Gasteiger charge is -2.23. The van der Waals surface area contributed by atoms with Gasteiger partial charge < -0.3 is 22.2 Å². The molecule has 17 heavy (non-hydrogen) atoms. The molecular formula is C14H33ClN2. The molecule has 106 valence electrons. The van der Waals surface area contributed by atoms with Gasteiger partial charge in [0, 0.05) is 13.0 Å². The summed E-state index contributed by atoms with van der Waals surface area (Å²) in [5.41, 5.74) is 0. The molecule has 0 aromatic heterocycles. The highest BCUT2D eigenvalue weighted by molar-refractivity contribution is 4.49. The van der Waals surface area contributed by atoms with Gasteiger partial charge in [-0.3, -0.25) is 0 Å². The van der Waals surface area contributed by atoms with Gasteiger partial charge in [0.15, 0.2) is 0 Å². The molecule has 0 rings (SSSR count). The van der Waals surface area contributed by atoms with Crippen LogP contribution in [0.1, 0.15) is 51.9 Å². The lowest BCUT2D eigenvalue weighted by molar-refractivity contribution is -0.870. The number of halogens is 1. The van der Waals surface area contributed by atoms with E-state index in [1.54, 1.807) is 0 Å². The maximum absolute atomic E-state index is 3.54. The molecule has 0 saturated heterocycles. The van der Waals surface area contributed by atoms with Gasteiger partial charge in [-0.2, -0.15) is 0 Å². The summed E-state index contributed by atoms with van der Waals surface area (Å²) in [4.78, 5) is 0. The fourth-order valence-electron chi connectivity index (χ4n) is 1.83. The van der Waals surface area contributed by atoms with Gasteiger partial charge >= 0.3 is 0 Å². The molecule has 1 N–H and O–H groups in total. The zero-order chi connectivity index (χ0) is 12.3. The molecule has 0 bridgehead atoms. The summed E-state index contributed by atoms with van der Waals surface area (Å²) in [6.07, 6.45) is 9.67. The Morgan fingerprint density at radius 3 is 1.88 bits per heavy atom. The Morgan fingerprint density at radius 1 is 0.765 bits per heavy atom. The van der Waals surface area contributed by atoms with Crippen LogP contribution in [0.15, 0.2) is 0 Å². The molecular weight excluding hydrogens is 232 g/mol. The molecule has 2 nitrogen and oxygen atoms in total. The highest BCUT2D eigenvalue weighted by atomic mass is 35.5. The number of hydrogen-bond donors (Lipinski definition) is 1. The topological polar surface area (TPSA) is 12.0 Å². The molecule has 0 heterocycles. The van der Waals surface area contributed by atoms with Crippen LogP contribution in [0.3, 0.4) is 0 Å². The summed E-state index contributed by atoms with van der Waals surface area (Å²) >= 11 is 0. The summed E-state index contributed by atoms with van der Waals surface area (Å²) in [5, 5.41) is 3.54. The summed E-state index contributed by atoms with van der Waals surface area (Å²) < 4.78 is 1.08. The molecule has 0 aliphatic carbocycles. The van der Waals surface area contributed by atoms with E-state index in [0.717, 1.165) is 4.48 Å². The smallest absolute Gasteiger partial charge is 0.0792 e. The largest absolute Gasteiger partial charge is 1.00 e. The first-order valence-electron chi connectivity index (χ1n) is 7.07. The van der Waals surface area contributed by atoms with Crippen LogP contribution in [-0.2, 0) is 0 Å². The van der Waals surface area contributed by atoms with E-state index in [9.17, 15) is 0 Å². The molecule has 0 atom stereocenters. The molecule has 3 heteroatoms. The lowest BCUT2D eigenvalue weighted by Crippen LogP contribution is -3.00. The predicted molar refractivity (Wildman–Crippen MR) is 73.8 cm³/mol. The quantitative estimate of drug-likeness (QED) is 0.410. The van der Waals surface area contributed by atoms with Crippen molar-refractivity contribution in [3.63, 3.8) is 0 Å². The number of unbranched alkanes of at least 4 members (excludes halogenated alkanes) is 5. The molecule has 0 fully saturated rings. The normalized spacial score (nSPS) is 11.3. The third-order valence-corrected chi connectivity index (χ3v) is 2.89. The van der Waals surface area contributed by atoms with Gasteiger partial charge in [-0.05, 0) is 13.0 Å². The lowest BCUT2D eigenvalue weighted by atomic mass is 10.1. The molecule has 0 saturated carbocycles. The summed E-state index contributed by atoms with van der Waals surface area (Å²) in [6, 6.07) is 0. The first kappa shape index (κ1) is 19.5. The van der Waals surface area contributed by atoms with E-state index in [-0.39, 0.29) is 12.4 Å². The van der Waals surface area contributed by atoms with Crippen LogP contribution in [0.5, 0.6) is 0 Å². The van der Waals surface area contributed by atoms with Crippen LogP contribution >= 0.6 is 0 Å². The SMILES string of the molecule is CCCCCCCCNCCC[N+](C)(C)C.[Cl-]. The minimum Gasteiger partial charge on any atom is -1.00 e. The zero-order valence-electron chi connectivity index (χ0n) is 12.4. The number of quaternary nitrogens is 1. The molecule has 0 unspecified atom stereocenters. The fourth-order valence-corrected chi connectivity index (χ4v) is 1.83. The Balaban J connectivity index is 0. The van der Waals surface area contributed by atoms with Crippen molar-refractivity contribution in [2.24, 2.45) is 0 Å². The maximum atomic E-state index is 3.54. The Kier molecular flexibility index (Phi) is 14.6. The van der Waals surface area contributed by atoms with E-state index in [1.165, 1.54) is 64.6 Å². The van der Waals surface area contributed by atoms with Gasteiger partial charge in [0.05, 0.1) is 27.7 Å². The number of hydrogen-bond acceptors (Lipinski definition) is 1. The highest BCUT2D eigenvalue weighted by Gasteiger charge is 2.04. The molecule has 0 aromatic rings. The van der Waals surface area contributed by atoms with Crippen LogP contribution in [0.25, 0.3) is 0 Å². The number of rotatable bonds is 11. The van der Waals surface area contributed by atoms with Gasteiger partial charge in [-0.1, -0.05) is 39.0 Å². The molecule has 0 aromatic carbocycles. The highest BCUT2D eigenvalue weighted by Crippen LogP contribution is 2.03. The second kappa shape index (κ2) is 12.7. The van der Waals surface area contributed by atoms with Crippen LogP contribution in [0, 0.1) is 0 Å². The van der Waals surface area contributed by atoms with Crippen LogP contribution in [0.4, 0.5) is 0 Å². The van der Waals surface area contributed by atoms with E-state index in [0.29, 0.717) is 0 Å². The molecule has 0 aliphatic heterocycles. The van der Waals surface area contributed by atoms with Crippen molar-refractivity contribution in [1.29, 1.82) is 0 Å². The van der Waals surface area contributed by atoms with Crippen molar-refractivity contribution in [3.8, 4) is 0 Å². The van der Waals surface area contributed by atoms with Gasteiger partial charge in [-0.25, -0.2) is 0 Å². The summed E-state index contributed by atoms with van der Waals surface area (Å²) in [5.74, 6) is 0. The number of nitrogens with one attached hydrogen (secondary N) is 1. The van der Waals surface area contributed by atoms with Crippen molar-refractivity contribution < 1.29 is 16.9 Å². The van der Waals surface area contributed by atoms with E-state index in [2.05, 4.69) is 33.4 Å². The molecule has 0 spiro atoms. The van der Waals surface area contributed by atoms with Gasteiger partial charge in [0.2, 0.25) is 0 Å². The minimum absolute atomic E-state index is 0. The van der Waals surface area contributed by atoms with E-state index in [4.69, 9.17) is 0 Å². The first-order valence-corrected chi connectivity index (χ1v) is 7.07. The van der Waals surface area contributed by atoms with Crippen molar-refractivity contribution in [2.45, 2.75) is 51.9 Å². The van der Waals surface area contributed by atoms with E-state index >= 15 is 0 Å². The van der Waals surface area contributed by atoms with E-state index in [1.807, 2.05) is 0 Å². The predicted octanol–water partition coefficient (Wildman–Crippen LogP) is 0.0368. The zero-order valence-corrected chi connectivity index (χ0v) is 13.2. The van der Waals surface area contributed by atoms with Gasteiger partial charge in [-0.15, -0.1) is 0 Å². The van der Waals surface area contributed by atoms with Gasteiger partial charge in [0.25, 0.3) is 0 Å². The summed E-state index contributed by atoms with van der Waals surface area (Å²) in [7, 11) is 6.77. The molecule has 0 radical (unpaired) electrons. The van der Waals surface area contributed by atoms with E-state index < -0.39 is 0 Å². The average molecular weight is 265 g/mol. The maximum Gasteiger partial charge on any atom is 0.0792 e. The monoisotopic (exact) mass is 264 g/mol. The van der Waals surface area contributed by atoms with Crippen LogP contribution in [0.2, 0.25) is 0 Å². The second-order valence-electron chi connectivity index (χ2n) is 5.89. The summed E-state index contributed by atoms with van der Waals surface area (Å²) in [6.45, 7) is 5.94. The minimum atomic E-state index is 0. The van der Waals surface area contributed by atoms with Crippen molar-refractivity contribution in [2.75, 3.05) is 40.8 Å². The van der Waals surface area contributed by atoms with Gasteiger partial charge in [0.1, 0.15) is 0 Å². The first-order chi connectivity index (χ1) is 7.56. The third-order valence-electron chi connectivity index (χ3n) is 2.89. The Labute approximate surface area is 115 Å². The Morgan fingerprint density at radius 2 is 1.29 bits per heavy atom. The van der Waals surface area contributed by atoms with Crippen LogP contribution in [-0.4, -0.2) is 45.3 Å². The number of nitrogens with zero attached hydrogens (tertiary/aromatic N) is 1. The van der Waals surface area contributed by atoms with Crippen molar-refractivity contribution >= 4 is 0 Å².